The normalized spacial score (nSPS) is 14.4. The summed E-state index contributed by atoms with van der Waals surface area (Å²) in [5.74, 6) is 2.38. The molecule has 1 aliphatic rings. The fourth-order valence-corrected chi connectivity index (χ4v) is 3.81. The number of benzene rings is 2. The van der Waals surface area contributed by atoms with Crippen molar-refractivity contribution in [3.05, 3.63) is 58.6 Å². The van der Waals surface area contributed by atoms with Gasteiger partial charge in [-0.05, 0) is 41.8 Å². The zero-order valence-electron chi connectivity index (χ0n) is 15.6. The molecule has 2 aromatic rings. The monoisotopic (exact) mass is 405 g/mol. The first-order valence-corrected chi connectivity index (χ1v) is 10.1. The predicted molar refractivity (Wildman–Crippen MR) is 113 cm³/mol. The minimum absolute atomic E-state index is 0.707. The molecule has 0 atom stereocenters. The van der Waals surface area contributed by atoms with Crippen LogP contribution < -0.4 is 14.8 Å². The first-order chi connectivity index (χ1) is 13.2. The summed E-state index contributed by atoms with van der Waals surface area (Å²) < 4.78 is 10.7. The van der Waals surface area contributed by atoms with Crippen LogP contribution in [0, 0.1) is 0 Å². The van der Waals surface area contributed by atoms with Crippen molar-refractivity contribution in [1.82, 2.24) is 10.2 Å². The highest BCUT2D eigenvalue weighted by Gasteiger charge is 2.13. The molecule has 2 aromatic carbocycles. The fourth-order valence-electron chi connectivity index (χ4n) is 2.80. The molecular weight excluding hydrogens is 382 g/mol. The average Bonchev–Trinajstić information content (AvgIpc) is 2.71. The van der Waals surface area contributed by atoms with E-state index < -0.39 is 0 Å². The van der Waals surface area contributed by atoms with Gasteiger partial charge in [0.1, 0.15) is 0 Å². The Morgan fingerprint density at radius 1 is 1.11 bits per heavy atom. The lowest BCUT2D eigenvalue weighted by atomic mass is 10.1. The van der Waals surface area contributed by atoms with E-state index in [1.54, 1.807) is 26.0 Å². The van der Waals surface area contributed by atoms with Crippen LogP contribution in [-0.2, 0) is 12.2 Å². The van der Waals surface area contributed by atoms with Gasteiger partial charge in [-0.15, -0.1) is 0 Å². The number of methoxy groups -OCH3 is 2. The first kappa shape index (κ1) is 19.9. The molecule has 1 heterocycles. The van der Waals surface area contributed by atoms with Gasteiger partial charge in [-0.2, -0.15) is 0 Å². The quantitative estimate of drug-likeness (QED) is 0.754. The van der Waals surface area contributed by atoms with Gasteiger partial charge < -0.3 is 14.8 Å². The smallest absolute Gasteiger partial charge is 0.160 e. The van der Waals surface area contributed by atoms with E-state index >= 15 is 0 Å². The molecular formula is C20H24ClN3O2S. The van der Waals surface area contributed by atoms with Crippen LogP contribution >= 0.6 is 23.4 Å². The Bertz CT molecular complexity index is 801. The SMILES string of the molecule is COc1ccc(CCN2CN=C(SCc3cccc(Cl)c3)NC2)cc1OC. The number of halogens is 1. The summed E-state index contributed by atoms with van der Waals surface area (Å²) in [6, 6.07) is 14.0. The van der Waals surface area contributed by atoms with Crippen LogP contribution in [0.1, 0.15) is 11.1 Å². The molecule has 3 rings (SSSR count). The Morgan fingerprint density at radius 3 is 2.67 bits per heavy atom. The molecule has 0 bridgehead atoms. The zero-order valence-corrected chi connectivity index (χ0v) is 17.1. The van der Waals surface area contributed by atoms with E-state index in [1.165, 1.54) is 11.1 Å². The Labute approximate surface area is 169 Å². The van der Waals surface area contributed by atoms with Crippen molar-refractivity contribution in [3.8, 4) is 11.5 Å². The lowest BCUT2D eigenvalue weighted by molar-refractivity contribution is 0.270. The van der Waals surface area contributed by atoms with Gasteiger partial charge in [0.25, 0.3) is 0 Å². The van der Waals surface area contributed by atoms with Crippen molar-refractivity contribution in [2.45, 2.75) is 12.2 Å². The van der Waals surface area contributed by atoms with Crippen LogP contribution in [-0.4, -0.2) is 44.2 Å². The standard InChI is InChI=1S/C20H24ClN3O2S/c1-25-18-7-6-15(11-19(18)26-2)8-9-24-13-22-20(23-14-24)27-12-16-4-3-5-17(21)10-16/h3-7,10-11H,8-9,12-14H2,1-2H3,(H,22,23). The lowest BCUT2D eigenvalue weighted by Crippen LogP contribution is -2.42. The molecule has 0 unspecified atom stereocenters. The Morgan fingerprint density at radius 2 is 1.96 bits per heavy atom. The maximum absolute atomic E-state index is 6.03. The van der Waals surface area contributed by atoms with E-state index in [0.29, 0.717) is 6.67 Å². The maximum Gasteiger partial charge on any atom is 0.160 e. The fraction of sp³-hybridized carbons (Fsp3) is 0.350. The highest BCUT2D eigenvalue weighted by molar-refractivity contribution is 8.13. The Balaban J connectivity index is 1.46. The third-order valence-electron chi connectivity index (χ3n) is 4.30. The highest BCUT2D eigenvalue weighted by atomic mass is 35.5. The molecule has 0 fully saturated rings. The highest BCUT2D eigenvalue weighted by Crippen LogP contribution is 2.27. The van der Waals surface area contributed by atoms with Crippen molar-refractivity contribution < 1.29 is 9.47 Å². The van der Waals surface area contributed by atoms with E-state index in [9.17, 15) is 0 Å². The second-order valence-electron chi connectivity index (χ2n) is 6.19. The number of ether oxygens (including phenoxy) is 2. The molecule has 0 saturated carbocycles. The summed E-state index contributed by atoms with van der Waals surface area (Å²) in [6.45, 7) is 2.44. The predicted octanol–water partition coefficient (Wildman–Crippen LogP) is 4.01. The maximum atomic E-state index is 6.03. The Hall–Kier alpha value is -1.89. The van der Waals surface area contributed by atoms with Crippen molar-refractivity contribution >= 4 is 28.5 Å². The van der Waals surface area contributed by atoms with Crippen molar-refractivity contribution in [2.24, 2.45) is 4.99 Å². The summed E-state index contributed by atoms with van der Waals surface area (Å²) in [7, 11) is 3.31. The van der Waals surface area contributed by atoms with Crippen LogP contribution in [0.2, 0.25) is 5.02 Å². The average molecular weight is 406 g/mol. The molecule has 0 saturated heterocycles. The van der Waals surface area contributed by atoms with E-state index in [-0.39, 0.29) is 0 Å². The summed E-state index contributed by atoms with van der Waals surface area (Å²) in [5.41, 5.74) is 2.42. The Kier molecular flexibility index (Phi) is 7.26. The molecule has 0 aromatic heterocycles. The van der Waals surface area contributed by atoms with E-state index in [0.717, 1.165) is 47.1 Å². The summed E-state index contributed by atoms with van der Waals surface area (Å²) in [6.07, 6.45) is 0.933. The van der Waals surface area contributed by atoms with Gasteiger partial charge in [0.05, 0.1) is 27.6 Å². The molecule has 1 N–H and O–H groups in total. The van der Waals surface area contributed by atoms with Gasteiger partial charge in [-0.3, -0.25) is 4.90 Å². The summed E-state index contributed by atoms with van der Waals surface area (Å²) in [4.78, 5) is 6.92. The number of hydrogen-bond acceptors (Lipinski definition) is 6. The molecule has 144 valence electrons. The van der Waals surface area contributed by atoms with Crippen LogP contribution in [0.25, 0.3) is 0 Å². The molecule has 5 nitrogen and oxygen atoms in total. The number of nitrogens with zero attached hydrogens (tertiary/aromatic N) is 2. The van der Waals surface area contributed by atoms with Crippen molar-refractivity contribution in [1.29, 1.82) is 0 Å². The van der Waals surface area contributed by atoms with E-state index in [2.05, 4.69) is 27.3 Å². The van der Waals surface area contributed by atoms with Crippen LogP contribution in [0.15, 0.2) is 47.5 Å². The second-order valence-corrected chi connectivity index (χ2v) is 7.59. The third kappa shape index (κ3) is 5.79. The third-order valence-corrected chi connectivity index (χ3v) is 5.56. The van der Waals surface area contributed by atoms with Crippen molar-refractivity contribution in [3.63, 3.8) is 0 Å². The molecule has 27 heavy (non-hydrogen) atoms. The molecule has 0 spiro atoms. The van der Waals surface area contributed by atoms with Gasteiger partial charge >= 0.3 is 0 Å². The number of aliphatic imine (C=N–C) groups is 1. The molecule has 0 amide bonds. The molecule has 0 aliphatic carbocycles. The van der Waals surface area contributed by atoms with Crippen LogP contribution in [0.3, 0.4) is 0 Å². The number of rotatable bonds is 7. The van der Waals surface area contributed by atoms with E-state index in [4.69, 9.17) is 21.1 Å². The van der Waals surface area contributed by atoms with Crippen LogP contribution in [0.5, 0.6) is 11.5 Å². The van der Waals surface area contributed by atoms with E-state index in [1.807, 2.05) is 30.3 Å². The van der Waals surface area contributed by atoms with Gasteiger partial charge in [-0.25, -0.2) is 4.99 Å². The molecule has 1 aliphatic heterocycles. The number of thioether (sulfide) groups is 1. The number of hydrogen-bond donors (Lipinski definition) is 1. The zero-order chi connectivity index (χ0) is 19.1. The largest absolute Gasteiger partial charge is 0.493 e. The summed E-state index contributed by atoms with van der Waals surface area (Å²) in [5, 5.41) is 5.15. The number of amidine groups is 1. The second kappa shape index (κ2) is 9.88. The summed E-state index contributed by atoms with van der Waals surface area (Å²) >= 11 is 7.74. The van der Waals surface area contributed by atoms with Gasteiger partial charge in [-0.1, -0.05) is 41.6 Å². The number of nitrogens with one attached hydrogen (secondary N) is 1. The minimum atomic E-state index is 0.707. The molecule has 7 heteroatoms. The van der Waals surface area contributed by atoms with Gasteiger partial charge in [0, 0.05) is 17.3 Å². The molecule has 0 radical (unpaired) electrons. The topological polar surface area (TPSA) is 46.1 Å². The van der Waals surface area contributed by atoms with Crippen LogP contribution in [0.4, 0.5) is 0 Å². The van der Waals surface area contributed by atoms with Gasteiger partial charge in [0.15, 0.2) is 16.7 Å². The first-order valence-electron chi connectivity index (χ1n) is 8.77. The lowest BCUT2D eigenvalue weighted by Gasteiger charge is -2.26. The van der Waals surface area contributed by atoms with Gasteiger partial charge in [0.2, 0.25) is 0 Å². The van der Waals surface area contributed by atoms with Crippen molar-refractivity contribution in [2.75, 3.05) is 34.1 Å². The minimum Gasteiger partial charge on any atom is -0.493 e.